The summed E-state index contributed by atoms with van der Waals surface area (Å²) < 4.78 is 1.15. The molecule has 3 rings (SSSR count). The van der Waals surface area contributed by atoms with Crippen LogP contribution >= 0.6 is 11.3 Å². The smallest absolute Gasteiger partial charge is 0.220 e. The lowest BCUT2D eigenvalue weighted by atomic mass is 10.2. The quantitative estimate of drug-likeness (QED) is 0.760. The zero-order valence-corrected chi connectivity index (χ0v) is 12.8. The molecule has 5 heteroatoms. The summed E-state index contributed by atoms with van der Waals surface area (Å²) in [5, 5.41) is 13.1. The molecule has 0 spiro atoms. The number of hydrogen-bond acceptors (Lipinski definition) is 4. The first-order valence-corrected chi connectivity index (χ1v) is 7.91. The number of phenolic OH excluding ortho intramolecular Hbond substituents is 1. The highest BCUT2D eigenvalue weighted by Crippen LogP contribution is 2.22. The van der Waals surface area contributed by atoms with Crippen LogP contribution in [0.25, 0.3) is 10.2 Å². The Morgan fingerprint density at radius 1 is 1.14 bits per heavy atom. The number of para-hydroxylation sites is 1. The van der Waals surface area contributed by atoms with Crippen LogP contribution in [-0.2, 0) is 17.8 Å². The van der Waals surface area contributed by atoms with Gasteiger partial charge in [-0.05, 0) is 29.8 Å². The Bertz CT molecular complexity index is 748. The average Bonchev–Trinajstić information content (AvgIpc) is 2.95. The molecule has 2 N–H and O–H groups in total. The fourth-order valence-electron chi connectivity index (χ4n) is 2.15. The Balaban J connectivity index is 1.50. The van der Waals surface area contributed by atoms with Crippen molar-refractivity contribution >= 4 is 27.5 Å². The van der Waals surface area contributed by atoms with Gasteiger partial charge in [0.25, 0.3) is 0 Å². The molecule has 0 saturated carbocycles. The van der Waals surface area contributed by atoms with Crippen molar-refractivity contribution in [3.8, 4) is 5.75 Å². The third-order valence-corrected chi connectivity index (χ3v) is 4.43. The van der Waals surface area contributed by atoms with E-state index >= 15 is 0 Å². The number of hydrogen-bond donors (Lipinski definition) is 2. The van der Waals surface area contributed by atoms with Crippen molar-refractivity contribution in [1.29, 1.82) is 0 Å². The maximum atomic E-state index is 11.9. The van der Waals surface area contributed by atoms with Crippen molar-refractivity contribution in [3.63, 3.8) is 0 Å². The highest BCUT2D eigenvalue weighted by molar-refractivity contribution is 7.18. The lowest BCUT2D eigenvalue weighted by Gasteiger charge is -2.04. The van der Waals surface area contributed by atoms with Gasteiger partial charge in [0.15, 0.2) is 0 Å². The van der Waals surface area contributed by atoms with Gasteiger partial charge in [-0.3, -0.25) is 4.79 Å². The van der Waals surface area contributed by atoms with Crippen molar-refractivity contribution in [2.45, 2.75) is 19.4 Å². The fraction of sp³-hybridized carbons (Fsp3) is 0.176. The highest BCUT2D eigenvalue weighted by Gasteiger charge is 2.07. The van der Waals surface area contributed by atoms with Gasteiger partial charge in [0, 0.05) is 19.4 Å². The third-order valence-electron chi connectivity index (χ3n) is 3.33. The van der Waals surface area contributed by atoms with E-state index in [4.69, 9.17) is 0 Å². The number of fused-ring (bicyclic) bond motifs is 1. The van der Waals surface area contributed by atoms with Crippen LogP contribution in [0.15, 0.2) is 48.5 Å². The van der Waals surface area contributed by atoms with E-state index < -0.39 is 0 Å². The molecule has 4 nitrogen and oxygen atoms in total. The molecule has 3 aromatic rings. The summed E-state index contributed by atoms with van der Waals surface area (Å²) in [4.78, 5) is 16.4. The van der Waals surface area contributed by atoms with Gasteiger partial charge in [0.1, 0.15) is 5.75 Å². The number of benzene rings is 2. The summed E-state index contributed by atoms with van der Waals surface area (Å²) in [6, 6.07) is 14.8. The Labute approximate surface area is 132 Å². The summed E-state index contributed by atoms with van der Waals surface area (Å²) in [6.07, 6.45) is 1.08. The molecule has 0 aliphatic rings. The number of amides is 1. The fourth-order valence-corrected chi connectivity index (χ4v) is 3.12. The van der Waals surface area contributed by atoms with Gasteiger partial charge in [0.05, 0.1) is 15.2 Å². The van der Waals surface area contributed by atoms with Crippen molar-refractivity contribution in [2.75, 3.05) is 0 Å². The van der Waals surface area contributed by atoms with Crippen LogP contribution in [-0.4, -0.2) is 16.0 Å². The molecular weight excluding hydrogens is 296 g/mol. The zero-order chi connectivity index (χ0) is 15.4. The van der Waals surface area contributed by atoms with Crippen molar-refractivity contribution in [3.05, 3.63) is 59.1 Å². The van der Waals surface area contributed by atoms with Crippen LogP contribution in [0.1, 0.15) is 17.0 Å². The predicted octanol–water partition coefficient (Wildman–Crippen LogP) is 3.25. The standard InChI is InChI=1S/C17H16N2O2S/c20-13-7-5-12(6-8-13)11-18-16(21)9-10-17-19-14-3-1-2-4-15(14)22-17/h1-8,20H,9-11H2,(H,18,21). The van der Waals surface area contributed by atoms with Gasteiger partial charge in [-0.1, -0.05) is 24.3 Å². The van der Waals surface area contributed by atoms with Gasteiger partial charge >= 0.3 is 0 Å². The first-order valence-electron chi connectivity index (χ1n) is 7.10. The lowest BCUT2D eigenvalue weighted by Crippen LogP contribution is -2.22. The van der Waals surface area contributed by atoms with Gasteiger partial charge in [-0.25, -0.2) is 4.98 Å². The van der Waals surface area contributed by atoms with Crippen molar-refractivity contribution in [1.82, 2.24) is 10.3 Å². The number of carbonyl (C=O) groups is 1. The van der Waals surface area contributed by atoms with Crippen LogP contribution in [0, 0.1) is 0 Å². The Morgan fingerprint density at radius 3 is 2.68 bits per heavy atom. The monoisotopic (exact) mass is 312 g/mol. The summed E-state index contributed by atoms with van der Waals surface area (Å²) in [6.45, 7) is 0.471. The Hall–Kier alpha value is -2.40. The molecule has 112 valence electrons. The topological polar surface area (TPSA) is 62.2 Å². The largest absolute Gasteiger partial charge is 0.508 e. The van der Waals surface area contributed by atoms with Crippen LogP contribution in [0.4, 0.5) is 0 Å². The number of aromatic hydroxyl groups is 1. The molecule has 1 aromatic heterocycles. The minimum absolute atomic E-state index is 0.00679. The maximum Gasteiger partial charge on any atom is 0.220 e. The molecule has 0 aliphatic carbocycles. The molecule has 0 bridgehead atoms. The number of carbonyl (C=O) groups excluding carboxylic acids is 1. The normalized spacial score (nSPS) is 10.7. The van der Waals surface area contributed by atoms with E-state index in [1.165, 1.54) is 0 Å². The van der Waals surface area contributed by atoms with Gasteiger partial charge < -0.3 is 10.4 Å². The van der Waals surface area contributed by atoms with Crippen LogP contribution in [0.2, 0.25) is 0 Å². The van der Waals surface area contributed by atoms with E-state index in [9.17, 15) is 9.90 Å². The number of phenols is 1. The van der Waals surface area contributed by atoms with Crippen LogP contribution < -0.4 is 5.32 Å². The molecule has 0 radical (unpaired) electrons. The second kappa shape index (κ2) is 6.58. The molecule has 0 aliphatic heterocycles. The summed E-state index contributed by atoms with van der Waals surface area (Å²) in [5.41, 5.74) is 1.96. The molecule has 2 aromatic carbocycles. The van der Waals surface area contributed by atoms with E-state index in [1.807, 2.05) is 24.3 Å². The molecule has 1 amide bonds. The van der Waals surface area contributed by atoms with E-state index in [2.05, 4.69) is 10.3 Å². The summed E-state index contributed by atoms with van der Waals surface area (Å²) in [7, 11) is 0. The number of nitrogens with zero attached hydrogens (tertiary/aromatic N) is 1. The van der Waals surface area contributed by atoms with E-state index in [0.29, 0.717) is 19.4 Å². The van der Waals surface area contributed by atoms with Crippen LogP contribution in [0.5, 0.6) is 5.75 Å². The second-order valence-electron chi connectivity index (χ2n) is 5.02. The van der Waals surface area contributed by atoms with Gasteiger partial charge in [0.2, 0.25) is 5.91 Å². The van der Waals surface area contributed by atoms with E-state index in [-0.39, 0.29) is 11.7 Å². The third kappa shape index (κ3) is 3.62. The Morgan fingerprint density at radius 2 is 1.91 bits per heavy atom. The molecule has 1 heterocycles. The lowest BCUT2D eigenvalue weighted by molar-refractivity contribution is -0.121. The van der Waals surface area contributed by atoms with Gasteiger partial charge in [-0.15, -0.1) is 11.3 Å². The van der Waals surface area contributed by atoms with Crippen LogP contribution in [0.3, 0.4) is 0 Å². The predicted molar refractivity (Wildman–Crippen MR) is 87.9 cm³/mol. The number of rotatable bonds is 5. The average molecular weight is 312 g/mol. The van der Waals surface area contributed by atoms with E-state index in [1.54, 1.807) is 35.6 Å². The zero-order valence-electron chi connectivity index (χ0n) is 12.0. The van der Waals surface area contributed by atoms with E-state index in [0.717, 1.165) is 20.8 Å². The highest BCUT2D eigenvalue weighted by atomic mass is 32.1. The molecule has 0 fully saturated rings. The number of aryl methyl sites for hydroxylation is 1. The minimum Gasteiger partial charge on any atom is -0.508 e. The minimum atomic E-state index is 0.00679. The summed E-state index contributed by atoms with van der Waals surface area (Å²) in [5.74, 6) is 0.234. The number of nitrogens with one attached hydrogen (secondary N) is 1. The molecular formula is C17H16N2O2S. The first-order chi connectivity index (χ1) is 10.7. The molecule has 22 heavy (non-hydrogen) atoms. The molecule has 0 unspecified atom stereocenters. The molecule has 0 saturated heterocycles. The summed E-state index contributed by atoms with van der Waals surface area (Å²) >= 11 is 1.64. The first kappa shape index (κ1) is 14.5. The van der Waals surface area contributed by atoms with Gasteiger partial charge in [-0.2, -0.15) is 0 Å². The molecule has 0 atom stereocenters. The number of thiazole rings is 1. The Kier molecular flexibility index (Phi) is 4.34. The van der Waals surface area contributed by atoms with Crippen molar-refractivity contribution < 1.29 is 9.90 Å². The maximum absolute atomic E-state index is 11.9. The van der Waals surface area contributed by atoms with Crippen molar-refractivity contribution in [2.24, 2.45) is 0 Å². The SMILES string of the molecule is O=C(CCc1nc2ccccc2s1)NCc1ccc(O)cc1. The number of aromatic nitrogens is 1. The second-order valence-corrected chi connectivity index (χ2v) is 6.13.